The van der Waals surface area contributed by atoms with Crippen molar-refractivity contribution in [2.24, 2.45) is 0 Å². The highest BCUT2D eigenvalue weighted by Gasteiger charge is 2.21. The fourth-order valence-electron chi connectivity index (χ4n) is 2.41. The Kier molecular flexibility index (Phi) is 6.15. The van der Waals surface area contributed by atoms with Crippen molar-refractivity contribution in [2.45, 2.75) is 23.9 Å². The van der Waals surface area contributed by atoms with E-state index in [1.807, 2.05) is 10.6 Å². The van der Waals surface area contributed by atoms with Gasteiger partial charge in [0.15, 0.2) is 22.6 Å². The third kappa shape index (κ3) is 4.42. The first-order valence-electron chi connectivity index (χ1n) is 8.36. The number of allylic oxidation sites excluding steroid dienone is 1. The quantitative estimate of drug-likeness (QED) is 0.480. The molecule has 3 aromatic rings. The molecule has 6 nitrogen and oxygen atoms in total. The summed E-state index contributed by atoms with van der Waals surface area (Å²) in [5.74, 6) is -1.75. The fraction of sp³-hybridized carbons (Fsp3) is 0.158. The van der Waals surface area contributed by atoms with Crippen LogP contribution in [-0.2, 0) is 11.3 Å². The molecule has 3 rings (SSSR count). The van der Waals surface area contributed by atoms with E-state index in [-0.39, 0.29) is 11.6 Å². The van der Waals surface area contributed by atoms with E-state index in [2.05, 4.69) is 27.1 Å². The summed E-state index contributed by atoms with van der Waals surface area (Å²) in [5, 5.41) is 10.9. The molecule has 0 aliphatic heterocycles. The molecule has 0 aliphatic carbocycles. The average Bonchev–Trinajstić information content (AvgIpc) is 3.08. The number of carbonyl (C=O) groups excluding carboxylic acids is 1. The Labute approximate surface area is 164 Å². The summed E-state index contributed by atoms with van der Waals surface area (Å²) in [5.41, 5.74) is 0.975. The molecular formula is C19H17F2N5OS. The van der Waals surface area contributed by atoms with Crippen LogP contribution in [0.4, 0.5) is 14.5 Å². The van der Waals surface area contributed by atoms with Crippen LogP contribution in [-0.4, -0.2) is 30.9 Å². The molecule has 1 amide bonds. The molecule has 0 fully saturated rings. The Morgan fingerprint density at radius 2 is 2.14 bits per heavy atom. The number of hydrogen-bond acceptors (Lipinski definition) is 5. The average molecular weight is 401 g/mol. The highest BCUT2D eigenvalue weighted by Crippen LogP contribution is 2.27. The predicted octanol–water partition coefficient (Wildman–Crippen LogP) is 3.92. The number of hydrogen-bond donors (Lipinski definition) is 1. The molecule has 2 heterocycles. The van der Waals surface area contributed by atoms with Crippen molar-refractivity contribution < 1.29 is 13.6 Å². The highest BCUT2D eigenvalue weighted by atomic mass is 32.2. The first-order chi connectivity index (χ1) is 13.5. The lowest BCUT2D eigenvalue weighted by Crippen LogP contribution is -2.23. The maximum absolute atomic E-state index is 13.3. The van der Waals surface area contributed by atoms with E-state index >= 15 is 0 Å². The second kappa shape index (κ2) is 8.75. The third-order valence-electron chi connectivity index (χ3n) is 3.79. The Hall–Kier alpha value is -3.07. The van der Waals surface area contributed by atoms with Crippen LogP contribution in [0.1, 0.15) is 6.92 Å². The zero-order chi connectivity index (χ0) is 20.1. The molecule has 0 saturated heterocycles. The molecule has 9 heteroatoms. The van der Waals surface area contributed by atoms with Gasteiger partial charge in [-0.3, -0.25) is 14.3 Å². The lowest BCUT2D eigenvalue weighted by Gasteiger charge is -2.13. The van der Waals surface area contributed by atoms with Gasteiger partial charge in [0.1, 0.15) is 0 Å². The third-order valence-corrected chi connectivity index (χ3v) is 4.87. The van der Waals surface area contributed by atoms with E-state index in [1.54, 1.807) is 31.5 Å². The van der Waals surface area contributed by atoms with Crippen LogP contribution in [0.15, 0.2) is 60.5 Å². The van der Waals surface area contributed by atoms with Gasteiger partial charge >= 0.3 is 0 Å². The summed E-state index contributed by atoms with van der Waals surface area (Å²) >= 11 is 1.20. The lowest BCUT2D eigenvalue weighted by atomic mass is 10.3. The van der Waals surface area contributed by atoms with Gasteiger partial charge in [-0.05, 0) is 31.2 Å². The number of nitrogens with one attached hydrogen (secondary N) is 1. The molecule has 1 N–H and O–H groups in total. The highest BCUT2D eigenvalue weighted by molar-refractivity contribution is 8.00. The molecule has 0 aliphatic rings. The molecular weight excluding hydrogens is 384 g/mol. The number of anilines is 1. The number of nitrogens with zero attached hydrogens (tertiary/aromatic N) is 4. The van der Waals surface area contributed by atoms with Crippen molar-refractivity contribution in [3.05, 3.63) is 67.0 Å². The van der Waals surface area contributed by atoms with Gasteiger partial charge in [-0.1, -0.05) is 17.8 Å². The zero-order valence-corrected chi connectivity index (χ0v) is 15.8. The van der Waals surface area contributed by atoms with E-state index in [9.17, 15) is 13.6 Å². The van der Waals surface area contributed by atoms with E-state index in [0.29, 0.717) is 17.5 Å². The van der Waals surface area contributed by atoms with E-state index in [0.717, 1.165) is 17.7 Å². The minimum Gasteiger partial charge on any atom is -0.325 e. The van der Waals surface area contributed by atoms with Crippen LogP contribution in [0.25, 0.3) is 11.4 Å². The van der Waals surface area contributed by atoms with Gasteiger partial charge in [0.25, 0.3) is 0 Å². The van der Waals surface area contributed by atoms with Gasteiger partial charge in [-0.15, -0.1) is 16.8 Å². The molecule has 0 unspecified atom stereocenters. The number of benzene rings is 1. The topological polar surface area (TPSA) is 72.7 Å². The molecule has 28 heavy (non-hydrogen) atoms. The van der Waals surface area contributed by atoms with E-state index in [1.165, 1.54) is 17.8 Å². The predicted molar refractivity (Wildman–Crippen MR) is 104 cm³/mol. The lowest BCUT2D eigenvalue weighted by molar-refractivity contribution is -0.115. The first kappa shape index (κ1) is 19.7. The van der Waals surface area contributed by atoms with Gasteiger partial charge in [0.05, 0.1) is 5.25 Å². The normalized spacial score (nSPS) is 11.8. The Morgan fingerprint density at radius 3 is 2.82 bits per heavy atom. The number of amides is 1. The summed E-state index contributed by atoms with van der Waals surface area (Å²) < 4.78 is 28.2. The number of aromatic nitrogens is 4. The smallest absolute Gasteiger partial charge is 0.237 e. The van der Waals surface area contributed by atoms with Crippen LogP contribution in [0.3, 0.4) is 0 Å². The van der Waals surface area contributed by atoms with Crippen LogP contribution in [0.5, 0.6) is 0 Å². The molecule has 0 saturated carbocycles. The van der Waals surface area contributed by atoms with Crippen LogP contribution >= 0.6 is 11.8 Å². The van der Waals surface area contributed by atoms with Gasteiger partial charge in [0.2, 0.25) is 5.91 Å². The number of thioether (sulfide) groups is 1. The van der Waals surface area contributed by atoms with Crippen molar-refractivity contribution in [1.82, 2.24) is 19.7 Å². The number of carbonyl (C=O) groups is 1. The van der Waals surface area contributed by atoms with Crippen molar-refractivity contribution >= 4 is 23.4 Å². The first-order valence-corrected chi connectivity index (χ1v) is 9.24. The van der Waals surface area contributed by atoms with Gasteiger partial charge in [-0.2, -0.15) is 0 Å². The van der Waals surface area contributed by atoms with Crippen LogP contribution in [0.2, 0.25) is 0 Å². The summed E-state index contributed by atoms with van der Waals surface area (Å²) in [6.45, 7) is 5.90. The molecule has 1 aromatic carbocycles. The number of halogens is 2. The van der Waals surface area contributed by atoms with Gasteiger partial charge in [0, 0.05) is 36.3 Å². The Morgan fingerprint density at radius 1 is 1.32 bits per heavy atom. The summed E-state index contributed by atoms with van der Waals surface area (Å²) in [4.78, 5) is 16.5. The molecule has 0 radical (unpaired) electrons. The Bertz CT molecular complexity index is 993. The number of rotatable bonds is 7. The molecule has 0 bridgehead atoms. The standard InChI is InChI=1S/C19H17F2N5OS/c1-3-9-26-17(13-5-4-8-22-11-13)24-25-19(26)28-12(2)18(27)23-14-6-7-15(20)16(21)10-14/h3-8,10-12H,1,9H2,2H3,(H,23,27)/t12-/m0/s1. The zero-order valence-electron chi connectivity index (χ0n) is 15.0. The summed E-state index contributed by atoms with van der Waals surface area (Å²) in [6, 6.07) is 6.86. The maximum atomic E-state index is 13.3. The van der Waals surface area contributed by atoms with E-state index in [4.69, 9.17) is 0 Å². The molecule has 144 valence electrons. The molecule has 1 atom stereocenters. The molecule has 2 aromatic heterocycles. The fourth-order valence-corrected chi connectivity index (χ4v) is 3.27. The molecule has 0 spiro atoms. The minimum atomic E-state index is -1.02. The van der Waals surface area contributed by atoms with Crippen molar-refractivity contribution in [1.29, 1.82) is 0 Å². The summed E-state index contributed by atoms with van der Waals surface area (Å²) in [7, 11) is 0. The SMILES string of the molecule is C=CCn1c(S[C@@H](C)C(=O)Nc2ccc(F)c(F)c2)nnc1-c1cccnc1. The van der Waals surface area contributed by atoms with Crippen LogP contribution < -0.4 is 5.32 Å². The second-order valence-corrected chi connectivity index (χ2v) is 7.13. The largest absolute Gasteiger partial charge is 0.325 e. The second-order valence-electron chi connectivity index (χ2n) is 5.83. The van der Waals surface area contributed by atoms with Crippen LogP contribution in [0, 0.1) is 11.6 Å². The van der Waals surface area contributed by atoms with E-state index < -0.39 is 16.9 Å². The van der Waals surface area contributed by atoms with Gasteiger partial charge in [-0.25, -0.2) is 8.78 Å². The monoisotopic (exact) mass is 401 g/mol. The van der Waals surface area contributed by atoms with Crippen molar-refractivity contribution in [3.8, 4) is 11.4 Å². The maximum Gasteiger partial charge on any atom is 0.237 e. The minimum absolute atomic E-state index is 0.181. The number of pyridine rings is 1. The van der Waals surface area contributed by atoms with Crippen molar-refractivity contribution in [2.75, 3.05) is 5.32 Å². The summed E-state index contributed by atoms with van der Waals surface area (Å²) in [6.07, 6.45) is 5.05. The van der Waals surface area contributed by atoms with Gasteiger partial charge < -0.3 is 5.32 Å². The van der Waals surface area contributed by atoms with Crippen molar-refractivity contribution in [3.63, 3.8) is 0 Å². The Balaban J connectivity index is 1.76.